The van der Waals surface area contributed by atoms with E-state index in [1.165, 1.54) is 33.6 Å². The van der Waals surface area contributed by atoms with Crippen LogP contribution in [0.2, 0.25) is 5.02 Å². The molecule has 0 amide bonds. The number of halogens is 2. The molecule has 33 heavy (non-hydrogen) atoms. The maximum Gasteiger partial charge on any atom is 0.316 e. The van der Waals surface area contributed by atoms with Gasteiger partial charge in [-0.25, -0.2) is 4.39 Å². The lowest BCUT2D eigenvalue weighted by Gasteiger charge is -2.36. The molecule has 1 saturated carbocycles. The lowest BCUT2D eigenvalue weighted by atomic mass is 10.2. The Bertz CT molecular complexity index is 1170. The largest absolute Gasteiger partial charge is 0.483 e. The molecule has 1 aliphatic heterocycles. The summed E-state index contributed by atoms with van der Waals surface area (Å²) in [5.41, 5.74) is 0.489. The maximum absolute atomic E-state index is 13.8. The van der Waals surface area contributed by atoms with Crippen LogP contribution < -0.4 is 15.2 Å². The minimum absolute atomic E-state index is 0.0907. The van der Waals surface area contributed by atoms with Gasteiger partial charge in [0.2, 0.25) is 5.75 Å². The third-order valence-electron chi connectivity index (χ3n) is 5.94. The van der Waals surface area contributed by atoms with Gasteiger partial charge in [0.15, 0.2) is 0 Å². The summed E-state index contributed by atoms with van der Waals surface area (Å²) in [4.78, 5) is 15.3. The lowest BCUT2D eigenvalue weighted by molar-refractivity contribution is 0.193. The Morgan fingerprint density at radius 2 is 1.91 bits per heavy atom. The van der Waals surface area contributed by atoms with Gasteiger partial charge in [-0.15, -0.1) is 0 Å². The molecule has 0 spiro atoms. The Morgan fingerprint density at radius 3 is 2.52 bits per heavy atom. The molecule has 4 rings (SSSR count). The minimum Gasteiger partial charge on any atom is -0.483 e. The van der Waals surface area contributed by atoms with E-state index in [0.717, 1.165) is 0 Å². The number of ether oxygens (including phenoxy) is 1. The van der Waals surface area contributed by atoms with Gasteiger partial charge in [-0.05, 0) is 31.0 Å². The summed E-state index contributed by atoms with van der Waals surface area (Å²) >= 11 is 6.08. The van der Waals surface area contributed by atoms with Crippen LogP contribution in [0.4, 0.5) is 10.1 Å². The van der Waals surface area contributed by atoms with Gasteiger partial charge in [-0.1, -0.05) is 17.7 Å². The van der Waals surface area contributed by atoms with Crippen LogP contribution in [-0.4, -0.2) is 79.4 Å². The number of rotatable bonds is 6. The molecular formula is C21H27ClFN5O4S. The first-order chi connectivity index (χ1) is 15.7. The topological polar surface area (TPSA) is 88.0 Å². The summed E-state index contributed by atoms with van der Waals surface area (Å²) in [6, 6.07) is 6.75. The standard InChI is InChI=1S/C21H27ClFN5O4S/c1-25(2)33(30,31)27-10-8-26(9-11-27)19-14-24-28(17-5-3-4-15(22)12-17)21(29)20(19)32-18-7-6-16(23)13-18/h3-5,12,14,16,18H,6-11,13H2,1-2H3. The zero-order chi connectivity index (χ0) is 23.8. The second-order valence-electron chi connectivity index (χ2n) is 8.38. The van der Waals surface area contributed by atoms with Crippen LogP contribution >= 0.6 is 11.6 Å². The van der Waals surface area contributed by atoms with E-state index in [-0.39, 0.29) is 25.3 Å². The van der Waals surface area contributed by atoms with Crippen LogP contribution in [0.3, 0.4) is 0 Å². The Hall–Kier alpha value is -2.21. The maximum atomic E-state index is 13.8. The van der Waals surface area contributed by atoms with Crippen LogP contribution in [0.5, 0.6) is 5.75 Å². The molecule has 2 atom stereocenters. The van der Waals surface area contributed by atoms with Gasteiger partial charge in [0.25, 0.3) is 10.2 Å². The first kappa shape index (κ1) is 23.9. The van der Waals surface area contributed by atoms with Crippen molar-refractivity contribution in [3.63, 3.8) is 0 Å². The van der Waals surface area contributed by atoms with Crippen molar-refractivity contribution in [3.8, 4) is 11.4 Å². The zero-order valence-electron chi connectivity index (χ0n) is 18.5. The second kappa shape index (κ2) is 9.57. The highest BCUT2D eigenvalue weighted by molar-refractivity contribution is 7.86. The summed E-state index contributed by atoms with van der Waals surface area (Å²) in [7, 11) is -0.537. The van der Waals surface area contributed by atoms with E-state index in [4.69, 9.17) is 16.3 Å². The van der Waals surface area contributed by atoms with Gasteiger partial charge in [-0.2, -0.15) is 26.8 Å². The molecule has 0 bridgehead atoms. The molecule has 2 aromatic rings. The first-order valence-electron chi connectivity index (χ1n) is 10.8. The van der Waals surface area contributed by atoms with E-state index < -0.39 is 28.0 Å². The third kappa shape index (κ3) is 5.01. The lowest BCUT2D eigenvalue weighted by Crippen LogP contribution is -2.52. The Morgan fingerprint density at radius 1 is 1.18 bits per heavy atom. The summed E-state index contributed by atoms with van der Waals surface area (Å²) in [5, 5.41) is 4.78. The van der Waals surface area contributed by atoms with Gasteiger partial charge in [0.1, 0.15) is 18.0 Å². The van der Waals surface area contributed by atoms with E-state index in [0.29, 0.717) is 42.3 Å². The molecule has 0 N–H and O–H groups in total. The van der Waals surface area contributed by atoms with Gasteiger partial charge in [0, 0.05) is 51.7 Å². The van der Waals surface area contributed by atoms with Gasteiger partial charge >= 0.3 is 5.56 Å². The Kier molecular flexibility index (Phi) is 6.94. The van der Waals surface area contributed by atoms with Crippen LogP contribution in [0.15, 0.2) is 35.3 Å². The first-order valence-corrected chi connectivity index (χ1v) is 12.6. The normalized spacial score (nSPS) is 22.2. The number of anilines is 1. The summed E-state index contributed by atoms with van der Waals surface area (Å²) in [6.45, 7) is 1.24. The number of hydrogen-bond donors (Lipinski definition) is 0. The zero-order valence-corrected chi connectivity index (χ0v) is 20.1. The molecule has 2 aliphatic rings. The van der Waals surface area contributed by atoms with Gasteiger partial charge in [-0.3, -0.25) is 4.79 Å². The molecule has 2 heterocycles. The molecule has 1 saturated heterocycles. The Balaban J connectivity index is 1.66. The predicted octanol–water partition coefficient (Wildman–Crippen LogP) is 2.08. The predicted molar refractivity (Wildman–Crippen MR) is 124 cm³/mol. The van der Waals surface area contributed by atoms with Crippen molar-refractivity contribution in [1.29, 1.82) is 0 Å². The summed E-state index contributed by atoms with van der Waals surface area (Å²) < 4.78 is 48.5. The minimum atomic E-state index is -3.52. The van der Waals surface area contributed by atoms with Crippen molar-refractivity contribution in [2.45, 2.75) is 31.5 Å². The number of alkyl halides is 1. The molecule has 2 unspecified atom stereocenters. The highest BCUT2D eigenvalue weighted by Crippen LogP contribution is 2.31. The smallest absolute Gasteiger partial charge is 0.316 e. The fourth-order valence-electron chi connectivity index (χ4n) is 4.11. The number of hydrogen-bond acceptors (Lipinski definition) is 6. The molecular weight excluding hydrogens is 473 g/mol. The number of nitrogens with zero attached hydrogens (tertiary/aromatic N) is 5. The van der Waals surface area contributed by atoms with E-state index in [9.17, 15) is 17.6 Å². The van der Waals surface area contributed by atoms with Gasteiger partial charge < -0.3 is 9.64 Å². The van der Waals surface area contributed by atoms with Crippen molar-refractivity contribution in [2.24, 2.45) is 0 Å². The van der Waals surface area contributed by atoms with Crippen molar-refractivity contribution in [1.82, 2.24) is 18.4 Å². The fourth-order valence-corrected chi connectivity index (χ4v) is 5.38. The van der Waals surface area contributed by atoms with Crippen molar-refractivity contribution in [3.05, 3.63) is 45.8 Å². The highest BCUT2D eigenvalue weighted by Gasteiger charge is 2.32. The Labute approximate surface area is 197 Å². The number of aromatic nitrogens is 2. The average Bonchev–Trinajstić information content (AvgIpc) is 3.19. The summed E-state index contributed by atoms with van der Waals surface area (Å²) in [5.74, 6) is 0.0907. The van der Waals surface area contributed by atoms with E-state index in [1.54, 1.807) is 24.3 Å². The summed E-state index contributed by atoms with van der Waals surface area (Å²) in [6.07, 6.45) is 1.33. The van der Waals surface area contributed by atoms with Crippen LogP contribution in [-0.2, 0) is 10.2 Å². The van der Waals surface area contributed by atoms with E-state index >= 15 is 0 Å². The van der Waals surface area contributed by atoms with Crippen molar-refractivity contribution in [2.75, 3.05) is 45.2 Å². The molecule has 9 nitrogen and oxygen atoms in total. The van der Waals surface area contributed by atoms with E-state index in [2.05, 4.69) is 5.10 Å². The fraction of sp³-hybridized carbons (Fsp3) is 0.524. The molecule has 1 aromatic heterocycles. The molecule has 2 fully saturated rings. The van der Waals surface area contributed by atoms with Crippen LogP contribution in [0.1, 0.15) is 19.3 Å². The third-order valence-corrected chi connectivity index (χ3v) is 8.12. The molecule has 180 valence electrons. The number of benzene rings is 1. The quantitative estimate of drug-likeness (QED) is 0.604. The second-order valence-corrected chi connectivity index (χ2v) is 11.0. The molecule has 1 aromatic carbocycles. The molecule has 12 heteroatoms. The van der Waals surface area contributed by atoms with Crippen LogP contribution in [0, 0.1) is 0 Å². The van der Waals surface area contributed by atoms with Crippen LogP contribution in [0.25, 0.3) is 5.69 Å². The monoisotopic (exact) mass is 499 g/mol. The van der Waals surface area contributed by atoms with Crippen molar-refractivity contribution >= 4 is 27.5 Å². The average molecular weight is 500 g/mol. The number of piperazine rings is 1. The highest BCUT2D eigenvalue weighted by atomic mass is 35.5. The van der Waals surface area contributed by atoms with E-state index in [1.807, 2.05) is 4.90 Å². The molecule has 0 radical (unpaired) electrons. The van der Waals surface area contributed by atoms with Gasteiger partial charge in [0.05, 0.1) is 11.9 Å². The SMILES string of the molecule is CN(C)S(=O)(=O)N1CCN(c2cnn(-c3cccc(Cl)c3)c(=O)c2OC2CCC(F)C2)CC1. The molecule has 1 aliphatic carbocycles. The van der Waals surface area contributed by atoms with Crippen molar-refractivity contribution < 1.29 is 17.5 Å².